The van der Waals surface area contributed by atoms with E-state index in [-0.39, 0.29) is 25.3 Å². The smallest absolute Gasteiger partial charge is 0.305 e. The third kappa shape index (κ3) is 7.65. The zero-order valence-corrected chi connectivity index (χ0v) is 16.5. The van der Waals surface area contributed by atoms with E-state index in [9.17, 15) is 14.4 Å². The molecule has 2 aromatic rings. The van der Waals surface area contributed by atoms with Crippen molar-refractivity contribution in [3.63, 3.8) is 0 Å². The van der Waals surface area contributed by atoms with Gasteiger partial charge in [0, 0.05) is 29.6 Å². The molecule has 2 rings (SSSR count). The van der Waals surface area contributed by atoms with Gasteiger partial charge < -0.3 is 15.7 Å². The zero-order valence-electron chi connectivity index (χ0n) is 16.5. The van der Waals surface area contributed by atoms with E-state index in [2.05, 4.69) is 20.7 Å². The summed E-state index contributed by atoms with van der Waals surface area (Å²) in [6.45, 7) is 2.14. The van der Waals surface area contributed by atoms with E-state index in [0.717, 1.165) is 16.7 Å². The van der Waals surface area contributed by atoms with E-state index in [1.54, 1.807) is 24.3 Å². The molecule has 0 aromatic heterocycles. The normalized spacial score (nSPS) is 11.1. The summed E-state index contributed by atoms with van der Waals surface area (Å²) in [6.07, 6.45) is -0.0614. The molecule has 1 atom stereocenters. The first-order valence-electron chi connectivity index (χ1n) is 9.32. The highest BCUT2D eigenvalue weighted by Gasteiger charge is 2.16. The summed E-state index contributed by atoms with van der Waals surface area (Å²) in [7, 11) is 0. The fraction of sp³-hybridized carbons (Fsp3) is 0.286. The van der Waals surface area contributed by atoms with Crippen LogP contribution in [0.15, 0.2) is 53.6 Å². The van der Waals surface area contributed by atoms with Crippen LogP contribution in [0, 0.1) is 6.92 Å². The van der Waals surface area contributed by atoms with Crippen molar-refractivity contribution in [3.05, 3.63) is 81.2 Å². The number of hydrogen-bond acceptors (Lipinski definition) is 4. The molecule has 0 unspecified atom stereocenters. The fourth-order valence-electron chi connectivity index (χ4n) is 2.82. The number of carbonyl (C=O) groups is 3. The van der Waals surface area contributed by atoms with Gasteiger partial charge in [-0.05, 0) is 35.7 Å². The maximum atomic E-state index is 12.3. The molecule has 0 heterocycles. The van der Waals surface area contributed by atoms with Gasteiger partial charge in [-0.15, -0.1) is 0 Å². The summed E-state index contributed by atoms with van der Waals surface area (Å²) in [5, 5.41) is 17.6. The van der Waals surface area contributed by atoms with Crippen molar-refractivity contribution in [1.29, 1.82) is 0 Å². The minimum absolute atomic E-state index is 0.100. The number of rotatable bonds is 10. The van der Waals surface area contributed by atoms with Crippen molar-refractivity contribution in [2.75, 3.05) is 6.54 Å². The summed E-state index contributed by atoms with van der Waals surface area (Å²) in [5.74, 6) is -1.67. The number of hydrogen-bond donors (Lipinski definition) is 3. The zero-order chi connectivity index (χ0) is 21.9. The van der Waals surface area contributed by atoms with Gasteiger partial charge in [0.2, 0.25) is 5.91 Å². The summed E-state index contributed by atoms with van der Waals surface area (Å²) in [4.78, 5) is 37.9. The summed E-state index contributed by atoms with van der Waals surface area (Å²) in [6, 6.07) is 13.5. The van der Waals surface area contributed by atoms with E-state index in [0.29, 0.717) is 12.1 Å². The molecule has 0 saturated heterocycles. The standard InChI is InChI=1S/C21H23N5O4/c1-14-3-2-4-16(9-14)10-19(27)23-12-15-5-7-17(8-6-15)21(30)25-18(11-20(28)29)13-24-26-22/h2-9,18H,10-13H2,1H3,(H,23,27)(H,25,30)(H,28,29)/t18-/m0/s1. The van der Waals surface area contributed by atoms with E-state index < -0.39 is 17.9 Å². The van der Waals surface area contributed by atoms with Crippen LogP contribution in [-0.2, 0) is 22.6 Å². The van der Waals surface area contributed by atoms with Crippen LogP contribution < -0.4 is 10.6 Å². The van der Waals surface area contributed by atoms with Crippen LogP contribution >= 0.6 is 0 Å². The predicted octanol–water partition coefficient (Wildman–Crippen LogP) is 2.74. The molecule has 30 heavy (non-hydrogen) atoms. The Morgan fingerprint density at radius 3 is 2.50 bits per heavy atom. The molecule has 0 aliphatic heterocycles. The van der Waals surface area contributed by atoms with Crippen LogP contribution in [0.5, 0.6) is 0 Å². The second-order valence-electron chi connectivity index (χ2n) is 6.82. The number of amides is 2. The van der Waals surface area contributed by atoms with E-state index in [4.69, 9.17) is 10.6 Å². The number of carboxylic acids is 1. The van der Waals surface area contributed by atoms with Crippen LogP contribution in [0.3, 0.4) is 0 Å². The molecule has 0 bridgehead atoms. The van der Waals surface area contributed by atoms with Crippen molar-refractivity contribution >= 4 is 17.8 Å². The first-order valence-corrected chi connectivity index (χ1v) is 9.32. The molecule has 2 amide bonds. The van der Waals surface area contributed by atoms with Crippen molar-refractivity contribution < 1.29 is 19.5 Å². The van der Waals surface area contributed by atoms with Gasteiger partial charge in [0.15, 0.2) is 0 Å². The van der Waals surface area contributed by atoms with Crippen LogP contribution in [-0.4, -0.2) is 35.5 Å². The third-order valence-corrected chi connectivity index (χ3v) is 4.27. The van der Waals surface area contributed by atoms with Gasteiger partial charge in [-0.2, -0.15) is 0 Å². The van der Waals surface area contributed by atoms with Crippen LogP contribution in [0.25, 0.3) is 10.4 Å². The highest BCUT2D eigenvalue weighted by Crippen LogP contribution is 2.07. The van der Waals surface area contributed by atoms with Crippen LogP contribution in [0.2, 0.25) is 0 Å². The second kappa shape index (κ2) is 11.2. The van der Waals surface area contributed by atoms with E-state index in [1.807, 2.05) is 31.2 Å². The molecule has 0 spiro atoms. The van der Waals surface area contributed by atoms with Crippen LogP contribution in [0.1, 0.15) is 33.5 Å². The number of aryl methyl sites for hydroxylation is 1. The monoisotopic (exact) mass is 409 g/mol. The first-order chi connectivity index (χ1) is 14.4. The Kier molecular flexibility index (Phi) is 8.40. The lowest BCUT2D eigenvalue weighted by Crippen LogP contribution is -2.38. The number of carboxylic acid groups (broad SMARTS) is 1. The largest absolute Gasteiger partial charge is 0.481 e. The highest BCUT2D eigenvalue weighted by atomic mass is 16.4. The number of azide groups is 1. The second-order valence-corrected chi connectivity index (χ2v) is 6.82. The maximum absolute atomic E-state index is 12.3. The van der Waals surface area contributed by atoms with Gasteiger partial charge in [-0.25, -0.2) is 0 Å². The number of carbonyl (C=O) groups excluding carboxylic acids is 2. The van der Waals surface area contributed by atoms with E-state index >= 15 is 0 Å². The van der Waals surface area contributed by atoms with E-state index in [1.165, 1.54) is 0 Å². The molecular formula is C21H23N5O4. The molecule has 9 heteroatoms. The van der Waals surface area contributed by atoms with Crippen LogP contribution in [0.4, 0.5) is 0 Å². The lowest BCUT2D eigenvalue weighted by atomic mass is 10.1. The van der Waals surface area contributed by atoms with Gasteiger partial charge in [0.05, 0.1) is 12.8 Å². The Balaban J connectivity index is 1.88. The molecule has 2 aromatic carbocycles. The molecule has 0 saturated carbocycles. The molecular weight excluding hydrogens is 386 g/mol. The average molecular weight is 409 g/mol. The Bertz CT molecular complexity index is 948. The van der Waals surface area contributed by atoms with Crippen molar-refractivity contribution in [2.45, 2.75) is 32.4 Å². The summed E-state index contributed by atoms with van der Waals surface area (Å²) in [5.41, 5.74) is 11.6. The minimum Gasteiger partial charge on any atom is -0.481 e. The van der Waals surface area contributed by atoms with Gasteiger partial charge in [-0.3, -0.25) is 14.4 Å². The topological polar surface area (TPSA) is 144 Å². The average Bonchev–Trinajstić information content (AvgIpc) is 2.70. The predicted molar refractivity (Wildman–Crippen MR) is 111 cm³/mol. The number of aliphatic carboxylic acids is 1. The number of benzene rings is 2. The molecule has 0 radical (unpaired) electrons. The molecule has 3 N–H and O–H groups in total. The van der Waals surface area contributed by atoms with Gasteiger partial charge in [0.25, 0.3) is 5.91 Å². The number of nitrogens with one attached hydrogen (secondary N) is 2. The Morgan fingerprint density at radius 1 is 1.13 bits per heavy atom. The highest BCUT2D eigenvalue weighted by molar-refractivity contribution is 5.94. The molecule has 0 fully saturated rings. The Hall–Kier alpha value is -3.84. The van der Waals surface area contributed by atoms with Gasteiger partial charge >= 0.3 is 5.97 Å². The lowest BCUT2D eigenvalue weighted by Gasteiger charge is -2.14. The minimum atomic E-state index is -1.11. The quantitative estimate of drug-likeness (QED) is 0.315. The molecule has 156 valence electrons. The van der Waals surface area contributed by atoms with Crippen molar-refractivity contribution in [2.24, 2.45) is 5.11 Å². The summed E-state index contributed by atoms with van der Waals surface area (Å²) < 4.78 is 0. The summed E-state index contributed by atoms with van der Waals surface area (Å²) >= 11 is 0. The lowest BCUT2D eigenvalue weighted by molar-refractivity contribution is -0.137. The van der Waals surface area contributed by atoms with Crippen molar-refractivity contribution in [1.82, 2.24) is 10.6 Å². The first kappa shape index (κ1) is 22.4. The van der Waals surface area contributed by atoms with Gasteiger partial charge in [-0.1, -0.05) is 47.1 Å². The fourth-order valence-corrected chi connectivity index (χ4v) is 2.82. The molecule has 0 aliphatic carbocycles. The Labute approximate surface area is 173 Å². The number of nitrogens with zero attached hydrogens (tertiary/aromatic N) is 3. The molecule has 0 aliphatic rings. The Morgan fingerprint density at radius 2 is 1.87 bits per heavy atom. The van der Waals surface area contributed by atoms with Crippen molar-refractivity contribution in [3.8, 4) is 0 Å². The third-order valence-electron chi connectivity index (χ3n) is 4.27. The maximum Gasteiger partial charge on any atom is 0.305 e. The SMILES string of the molecule is Cc1cccc(CC(=O)NCc2ccc(C(=O)N[C@H](CN=[N+]=[N-])CC(=O)O)cc2)c1. The van der Waals surface area contributed by atoms with Gasteiger partial charge in [0.1, 0.15) is 0 Å². The molecule has 9 nitrogen and oxygen atoms in total.